The molecule has 2 unspecified atom stereocenters. The standard InChI is InChI=1S/C13H14Br2N2O3S/c1-2-11-17(10(6-21-11)12(18)19)13(20)16-9-4-3-7(14)5-8(9)15/h3-5,10-11H,2,6H2,1H3,(H,16,20)(H,18,19). The number of aliphatic carboxylic acids is 1. The largest absolute Gasteiger partial charge is 0.480 e. The van der Waals surface area contributed by atoms with E-state index in [1.807, 2.05) is 19.1 Å². The Morgan fingerprint density at radius 3 is 2.76 bits per heavy atom. The molecule has 5 nitrogen and oxygen atoms in total. The first kappa shape index (κ1) is 16.6. The molecule has 0 aliphatic carbocycles. The number of nitrogens with zero attached hydrogens (tertiary/aromatic N) is 1. The van der Waals surface area contributed by atoms with Crippen LogP contribution in [-0.4, -0.2) is 39.2 Å². The number of thioether (sulfide) groups is 1. The molecule has 1 aromatic rings. The first-order valence-electron chi connectivity index (χ1n) is 6.32. The molecular formula is C13H14Br2N2O3S. The summed E-state index contributed by atoms with van der Waals surface area (Å²) in [5, 5.41) is 11.9. The molecule has 1 fully saturated rings. The van der Waals surface area contributed by atoms with Crippen molar-refractivity contribution in [3.8, 4) is 0 Å². The molecule has 2 atom stereocenters. The van der Waals surface area contributed by atoms with Gasteiger partial charge in [-0.3, -0.25) is 4.90 Å². The van der Waals surface area contributed by atoms with Gasteiger partial charge in [0.2, 0.25) is 0 Å². The van der Waals surface area contributed by atoms with Crippen LogP contribution in [0.1, 0.15) is 13.3 Å². The maximum atomic E-state index is 12.4. The van der Waals surface area contributed by atoms with E-state index in [1.165, 1.54) is 16.7 Å². The summed E-state index contributed by atoms with van der Waals surface area (Å²) in [4.78, 5) is 25.2. The van der Waals surface area contributed by atoms with E-state index in [-0.39, 0.29) is 11.4 Å². The Morgan fingerprint density at radius 1 is 1.48 bits per heavy atom. The van der Waals surface area contributed by atoms with Crippen LogP contribution in [-0.2, 0) is 4.79 Å². The van der Waals surface area contributed by atoms with Crippen molar-refractivity contribution in [3.05, 3.63) is 27.1 Å². The fourth-order valence-electron chi connectivity index (χ4n) is 2.11. The van der Waals surface area contributed by atoms with Crippen molar-refractivity contribution in [1.29, 1.82) is 0 Å². The van der Waals surface area contributed by atoms with Crippen molar-refractivity contribution in [1.82, 2.24) is 4.90 Å². The topological polar surface area (TPSA) is 69.6 Å². The second-order valence-electron chi connectivity index (χ2n) is 4.51. The third-order valence-corrected chi connectivity index (χ3v) is 5.74. The minimum absolute atomic E-state index is 0.111. The number of amides is 2. The van der Waals surface area contributed by atoms with Gasteiger partial charge in [0, 0.05) is 14.7 Å². The molecule has 0 aromatic heterocycles. The normalized spacial score (nSPS) is 21.4. The average Bonchev–Trinajstić information content (AvgIpc) is 2.86. The summed E-state index contributed by atoms with van der Waals surface area (Å²) in [6.45, 7) is 1.94. The number of anilines is 1. The maximum Gasteiger partial charge on any atom is 0.327 e. The minimum atomic E-state index is -0.969. The lowest BCUT2D eigenvalue weighted by Gasteiger charge is -2.27. The van der Waals surface area contributed by atoms with Gasteiger partial charge in [-0.2, -0.15) is 0 Å². The fraction of sp³-hybridized carbons (Fsp3) is 0.385. The number of urea groups is 1. The number of rotatable bonds is 3. The van der Waals surface area contributed by atoms with Gasteiger partial charge < -0.3 is 10.4 Å². The van der Waals surface area contributed by atoms with Crippen LogP contribution in [0.5, 0.6) is 0 Å². The van der Waals surface area contributed by atoms with Crippen molar-refractivity contribution in [2.45, 2.75) is 24.8 Å². The summed E-state index contributed by atoms with van der Waals surface area (Å²) in [7, 11) is 0. The highest BCUT2D eigenvalue weighted by atomic mass is 79.9. The lowest BCUT2D eigenvalue weighted by Crippen LogP contribution is -2.47. The van der Waals surface area contributed by atoms with Gasteiger partial charge in [-0.15, -0.1) is 11.8 Å². The molecule has 1 aliphatic rings. The molecule has 114 valence electrons. The van der Waals surface area contributed by atoms with Gasteiger partial charge >= 0.3 is 12.0 Å². The van der Waals surface area contributed by atoms with Crippen molar-refractivity contribution in [2.75, 3.05) is 11.1 Å². The molecular weight excluding hydrogens is 424 g/mol. The molecule has 21 heavy (non-hydrogen) atoms. The van der Waals surface area contributed by atoms with E-state index in [0.29, 0.717) is 17.9 Å². The van der Waals surface area contributed by atoms with Crippen LogP contribution < -0.4 is 5.32 Å². The average molecular weight is 438 g/mol. The number of nitrogens with one attached hydrogen (secondary N) is 1. The molecule has 1 aliphatic heterocycles. The second kappa shape index (κ2) is 7.02. The monoisotopic (exact) mass is 436 g/mol. The van der Waals surface area contributed by atoms with Crippen LogP contribution in [0.2, 0.25) is 0 Å². The minimum Gasteiger partial charge on any atom is -0.480 e. The highest BCUT2D eigenvalue weighted by Gasteiger charge is 2.40. The predicted octanol–water partition coefficient (Wildman–Crippen LogP) is 3.98. The van der Waals surface area contributed by atoms with Crippen LogP contribution >= 0.6 is 43.6 Å². The number of hydrogen-bond acceptors (Lipinski definition) is 3. The Morgan fingerprint density at radius 2 is 2.19 bits per heavy atom. The second-order valence-corrected chi connectivity index (χ2v) is 7.49. The van der Waals surface area contributed by atoms with Gasteiger partial charge in [-0.25, -0.2) is 9.59 Å². The van der Waals surface area contributed by atoms with E-state index in [9.17, 15) is 14.7 Å². The Kier molecular flexibility index (Phi) is 5.56. The van der Waals surface area contributed by atoms with Crippen LogP contribution in [0.4, 0.5) is 10.5 Å². The molecule has 1 aromatic carbocycles. The van der Waals surface area contributed by atoms with Gasteiger partial charge in [0.1, 0.15) is 6.04 Å². The van der Waals surface area contributed by atoms with E-state index in [2.05, 4.69) is 37.2 Å². The SMILES string of the molecule is CCC1SCC(C(=O)O)N1C(=O)Nc1ccc(Br)cc1Br. The van der Waals surface area contributed by atoms with Crippen molar-refractivity contribution in [3.63, 3.8) is 0 Å². The Balaban J connectivity index is 2.18. The van der Waals surface area contributed by atoms with E-state index in [0.717, 1.165) is 8.95 Å². The predicted molar refractivity (Wildman–Crippen MR) is 90.7 cm³/mol. The molecule has 1 heterocycles. The molecule has 0 saturated carbocycles. The van der Waals surface area contributed by atoms with Crippen LogP contribution in [0.25, 0.3) is 0 Å². The molecule has 0 spiro atoms. The number of carbonyl (C=O) groups is 2. The molecule has 1 saturated heterocycles. The zero-order valence-corrected chi connectivity index (χ0v) is 15.2. The third kappa shape index (κ3) is 3.73. The summed E-state index contributed by atoms with van der Waals surface area (Å²) in [6, 6.07) is 4.22. The van der Waals surface area contributed by atoms with E-state index >= 15 is 0 Å². The van der Waals surface area contributed by atoms with Gasteiger partial charge in [0.05, 0.1) is 11.1 Å². The van der Waals surface area contributed by atoms with Gasteiger partial charge in [0.25, 0.3) is 0 Å². The summed E-state index contributed by atoms with van der Waals surface area (Å²) >= 11 is 8.22. The molecule has 2 rings (SSSR count). The number of carbonyl (C=O) groups excluding carboxylic acids is 1. The zero-order valence-electron chi connectivity index (χ0n) is 11.2. The van der Waals surface area contributed by atoms with Gasteiger partial charge in [-0.1, -0.05) is 22.9 Å². The first-order valence-corrected chi connectivity index (χ1v) is 8.96. The van der Waals surface area contributed by atoms with Gasteiger partial charge in [-0.05, 0) is 40.5 Å². The van der Waals surface area contributed by atoms with Gasteiger partial charge in [0.15, 0.2) is 0 Å². The zero-order chi connectivity index (χ0) is 15.6. The number of halogens is 2. The number of carboxylic acid groups (broad SMARTS) is 1. The Hall–Kier alpha value is -0.730. The summed E-state index contributed by atoms with van der Waals surface area (Å²) in [5.41, 5.74) is 0.610. The number of carboxylic acids is 1. The number of hydrogen-bond donors (Lipinski definition) is 2. The molecule has 0 radical (unpaired) electrons. The lowest BCUT2D eigenvalue weighted by molar-refractivity contribution is -0.141. The van der Waals surface area contributed by atoms with E-state index < -0.39 is 12.0 Å². The maximum absolute atomic E-state index is 12.4. The summed E-state index contributed by atoms with van der Waals surface area (Å²) in [5.74, 6) is -0.550. The quantitative estimate of drug-likeness (QED) is 0.750. The lowest BCUT2D eigenvalue weighted by atomic mass is 10.2. The van der Waals surface area contributed by atoms with E-state index in [1.54, 1.807) is 6.07 Å². The number of benzene rings is 1. The first-order chi connectivity index (χ1) is 9.93. The van der Waals surface area contributed by atoms with Crippen LogP contribution in [0.15, 0.2) is 27.1 Å². The fourth-order valence-corrected chi connectivity index (χ4v) is 4.60. The molecule has 0 bridgehead atoms. The van der Waals surface area contributed by atoms with Crippen molar-refractivity contribution >= 4 is 61.3 Å². The molecule has 2 N–H and O–H groups in total. The van der Waals surface area contributed by atoms with E-state index in [4.69, 9.17) is 0 Å². The van der Waals surface area contributed by atoms with Crippen molar-refractivity contribution in [2.24, 2.45) is 0 Å². The summed E-state index contributed by atoms with van der Waals surface area (Å²) < 4.78 is 1.62. The Labute approximate surface area is 143 Å². The van der Waals surface area contributed by atoms with Crippen LogP contribution in [0.3, 0.4) is 0 Å². The summed E-state index contributed by atoms with van der Waals surface area (Å²) in [6.07, 6.45) is 0.712. The highest BCUT2D eigenvalue weighted by Crippen LogP contribution is 2.33. The third-order valence-electron chi connectivity index (χ3n) is 3.13. The smallest absolute Gasteiger partial charge is 0.327 e. The Bertz CT molecular complexity index is 570. The highest BCUT2D eigenvalue weighted by molar-refractivity contribution is 9.11. The molecule has 2 amide bonds. The van der Waals surface area contributed by atoms with Crippen molar-refractivity contribution < 1.29 is 14.7 Å². The van der Waals surface area contributed by atoms with Crippen LogP contribution in [0, 0.1) is 0 Å². The molecule has 8 heteroatoms.